The fraction of sp³-hybridized carbons (Fsp3) is 0.611. The number of unbranched alkanes of at least 4 members (excludes halogenated alkanes) is 1. The van der Waals surface area contributed by atoms with E-state index >= 15 is 0 Å². The Balaban J connectivity index is 1.70. The third kappa shape index (κ3) is 2.05. The van der Waals surface area contributed by atoms with E-state index in [4.69, 9.17) is 16.3 Å². The smallest absolute Gasteiger partial charge is 0.332 e. The van der Waals surface area contributed by atoms with E-state index in [2.05, 4.69) is 22.8 Å². The van der Waals surface area contributed by atoms with Crippen LogP contribution in [0.4, 0.5) is 0 Å². The first-order chi connectivity index (χ1) is 10.7. The van der Waals surface area contributed by atoms with E-state index in [0.717, 1.165) is 43.4 Å². The predicted octanol–water partition coefficient (Wildman–Crippen LogP) is 2.80. The van der Waals surface area contributed by atoms with Gasteiger partial charge in [-0.3, -0.25) is 4.90 Å². The Morgan fingerprint density at radius 3 is 3.23 bits per heavy atom. The van der Waals surface area contributed by atoms with E-state index in [1.807, 2.05) is 0 Å². The van der Waals surface area contributed by atoms with Crippen molar-refractivity contribution in [1.29, 1.82) is 0 Å². The highest BCUT2D eigenvalue weighted by molar-refractivity contribution is 6.17. The van der Waals surface area contributed by atoms with Crippen LogP contribution in [-0.4, -0.2) is 41.0 Å². The molecule has 0 aromatic rings. The molecule has 3 atom stereocenters. The van der Waals surface area contributed by atoms with Gasteiger partial charge in [0.15, 0.2) is 5.60 Å². The molecule has 0 aromatic heterocycles. The molecule has 4 aliphatic rings. The van der Waals surface area contributed by atoms with Gasteiger partial charge >= 0.3 is 5.97 Å². The number of halogens is 1. The van der Waals surface area contributed by atoms with E-state index in [1.165, 1.54) is 12.8 Å². The van der Waals surface area contributed by atoms with Gasteiger partial charge in [0.2, 0.25) is 0 Å². The minimum atomic E-state index is -0.423. The number of hydrogen-bond donors (Lipinski definition) is 0. The number of piperidine rings is 1. The summed E-state index contributed by atoms with van der Waals surface area (Å²) in [5, 5.41) is 0. The summed E-state index contributed by atoms with van der Waals surface area (Å²) in [5.41, 5.74) is 1.61. The zero-order chi connectivity index (χ0) is 15.2. The summed E-state index contributed by atoms with van der Waals surface area (Å²) in [5.74, 6) is 6.92. The minimum absolute atomic E-state index is 0.198. The van der Waals surface area contributed by atoms with Crippen molar-refractivity contribution in [2.45, 2.75) is 56.2 Å². The number of hydrogen-bond acceptors (Lipinski definition) is 3. The average Bonchev–Trinajstić information content (AvgIpc) is 3.00. The summed E-state index contributed by atoms with van der Waals surface area (Å²) in [7, 11) is 0. The Kier molecular flexibility index (Phi) is 3.55. The molecule has 1 aliphatic carbocycles. The lowest BCUT2D eigenvalue weighted by atomic mass is 9.77. The van der Waals surface area contributed by atoms with Gasteiger partial charge in [-0.15, -0.1) is 11.6 Å². The van der Waals surface area contributed by atoms with E-state index in [-0.39, 0.29) is 5.97 Å². The number of ether oxygens (including phenoxy) is 1. The van der Waals surface area contributed by atoms with Gasteiger partial charge in [0.25, 0.3) is 0 Å². The lowest BCUT2D eigenvalue weighted by Gasteiger charge is -2.38. The Labute approximate surface area is 136 Å². The van der Waals surface area contributed by atoms with Gasteiger partial charge in [0, 0.05) is 42.0 Å². The number of nitrogens with zero attached hydrogens (tertiary/aromatic N) is 1. The second-order valence-electron chi connectivity index (χ2n) is 6.56. The number of alkyl halides is 1. The van der Waals surface area contributed by atoms with Gasteiger partial charge in [-0.1, -0.05) is 24.3 Å². The first kappa shape index (κ1) is 14.4. The lowest BCUT2D eigenvalue weighted by molar-refractivity contribution is -0.148. The van der Waals surface area contributed by atoms with Crippen LogP contribution in [0, 0.1) is 11.8 Å². The van der Waals surface area contributed by atoms with Gasteiger partial charge in [-0.2, -0.15) is 0 Å². The van der Waals surface area contributed by atoms with Gasteiger partial charge < -0.3 is 4.74 Å². The molecule has 2 saturated heterocycles. The van der Waals surface area contributed by atoms with Crippen LogP contribution in [0.1, 0.15) is 38.5 Å². The molecule has 0 aromatic carbocycles. The fourth-order valence-electron chi connectivity index (χ4n) is 4.48. The molecule has 0 saturated carbocycles. The van der Waals surface area contributed by atoms with Crippen LogP contribution in [0.25, 0.3) is 0 Å². The van der Waals surface area contributed by atoms with Crippen LogP contribution in [-0.2, 0) is 9.53 Å². The molecule has 22 heavy (non-hydrogen) atoms. The second kappa shape index (κ2) is 5.44. The van der Waals surface area contributed by atoms with Crippen molar-refractivity contribution in [3.05, 3.63) is 23.3 Å². The first-order valence-corrected chi connectivity index (χ1v) is 8.76. The van der Waals surface area contributed by atoms with Crippen LogP contribution in [0.15, 0.2) is 23.3 Å². The molecule has 0 N–H and O–H groups in total. The maximum atomic E-state index is 12.0. The van der Waals surface area contributed by atoms with E-state index in [0.29, 0.717) is 18.0 Å². The Morgan fingerprint density at radius 2 is 2.36 bits per heavy atom. The van der Waals surface area contributed by atoms with Crippen molar-refractivity contribution in [3.63, 3.8) is 0 Å². The highest BCUT2D eigenvalue weighted by Gasteiger charge is 2.61. The molecule has 2 bridgehead atoms. The molecule has 4 heteroatoms. The normalized spacial score (nSPS) is 35.8. The van der Waals surface area contributed by atoms with Gasteiger partial charge in [-0.05, 0) is 25.8 Å². The number of carbonyl (C=O) groups excluding carboxylic acids is 1. The monoisotopic (exact) mass is 317 g/mol. The average molecular weight is 318 g/mol. The maximum absolute atomic E-state index is 12.0. The first-order valence-electron chi connectivity index (χ1n) is 8.22. The van der Waals surface area contributed by atoms with Gasteiger partial charge in [-0.25, -0.2) is 4.79 Å². The molecule has 2 fully saturated rings. The third-order valence-electron chi connectivity index (χ3n) is 5.33. The van der Waals surface area contributed by atoms with Crippen molar-refractivity contribution in [3.8, 4) is 11.8 Å². The SMILES string of the molecule is O=C1C=C2C(C#CCCCCl)=CC3CC2(O1)C1CCCCN31. The molecule has 3 heterocycles. The van der Waals surface area contributed by atoms with Crippen molar-refractivity contribution in [2.24, 2.45) is 0 Å². The molecule has 116 valence electrons. The molecular weight excluding hydrogens is 298 g/mol. The number of esters is 1. The molecular formula is C18H20ClNO2. The molecule has 3 nitrogen and oxygen atoms in total. The topological polar surface area (TPSA) is 29.5 Å². The molecule has 0 amide bonds. The van der Waals surface area contributed by atoms with Crippen LogP contribution in [0.2, 0.25) is 0 Å². The molecule has 1 spiro atoms. The molecule has 0 radical (unpaired) electrons. The van der Waals surface area contributed by atoms with Crippen molar-refractivity contribution < 1.29 is 9.53 Å². The third-order valence-corrected chi connectivity index (χ3v) is 5.60. The van der Waals surface area contributed by atoms with Gasteiger partial charge in [0.1, 0.15) is 0 Å². The largest absolute Gasteiger partial charge is 0.449 e. The van der Waals surface area contributed by atoms with Crippen LogP contribution >= 0.6 is 11.6 Å². The Morgan fingerprint density at radius 1 is 1.45 bits per heavy atom. The number of carbonyl (C=O) groups is 1. The minimum Gasteiger partial charge on any atom is -0.449 e. The van der Waals surface area contributed by atoms with E-state index in [1.54, 1.807) is 6.08 Å². The predicted molar refractivity (Wildman–Crippen MR) is 85.5 cm³/mol. The fourth-order valence-corrected chi connectivity index (χ4v) is 4.62. The quantitative estimate of drug-likeness (QED) is 0.339. The highest BCUT2D eigenvalue weighted by atomic mass is 35.5. The highest BCUT2D eigenvalue weighted by Crippen LogP contribution is 2.53. The Hall–Kier alpha value is -1.24. The molecule has 3 aliphatic heterocycles. The van der Waals surface area contributed by atoms with Crippen molar-refractivity contribution in [2.75, 3.05) is 12.4 Å². The summed E-state index contributed by atoms with van der Waals surface area (Å²) < 4.78 is 5.87. The zero-order valence-electron chi connectivity index (χ0n) is 12.6. The van der Waals surface area contributed by atoms with Crippen molar-refractivity contribution in [1.82, 2.24) is 4.90 Å². The summed E-state index contributed by atoms with van der Waals surface area (Å²) in [4.78, 5) is 14.5. The standard InChI is InChI=1S/C18H20ClNO2/c19-8-4-1-2-6-13-10-14-12-18(15(13)11-17(21)22-18)16-7-3-5-9-20(14)16/h10-11,14,16H,1,3-5,7-9,12H2. The molecule has 4 rings (SSSR count). The number of fused-ring (bicyclic) bond motifs is 3. The lowest BCUT2D eigenvalue weighted by Crippen LogP contribution is -2.48. The van der Waals surface area contributed by atoms with E-state index < -0.39 is 5.60 Å². The second-order valence-corrected chi connectivity index (χ2v) is 6.94. The Bertz CT molecular complexity index is 627. The summed E-state index contributed by atoms with van der Waals surface area (Å²) in [6.07, 6.45) is 10.1. The molecule has 3 unspecified atom stereocenters. The van der Waals surface area contributed by atoms with E-state index in [9.17, 15) is 4.79 Å². The van der Waals surface area contributed by atoms with Gasteiger partial charge in [0.05, 0.1) is 6.04 Å². The summed E-state index contributed by atoms with van der Waals surface area (Å²) in [6.45, 7) is 1.10. The zero-order valence-corrected chi connectivity index (χ0v) is 13.4. The summed E-state index contributed by atoms with van der Waals surface area (Å²) >= 11 is 5.70. The maximum Gasteiger partial charge on any atom is 0.332 e. The van der Waals surface area contributed by atoms with Crippen LogP contribution in [0.5, 0.6) is 0 Å². The van der Waals surface area contributed by atoms with Crippen molar-refractivity contribution >= 4 is 17.6 Å². The van der Waals surface area contributed by atoms with Crippen LogP contribution in [0.3, 0.4) is 0 Å². The summed E-state index contributed by atoms with van der Waals surface area (Å²) in [6, 6.07) is 0.702. The van der Waals surface area contributed by atoms with Crippen LogP contribution < -0.4 is 0 Å². The number of rotatable bonds is 2.